The number of aryl methyl sites for hydroxylation is 1. The molecule has 2 aliphatic rings. The molecule has 0 radical (unpaired) electrons. The highest BCUT2D eigenvalue weighted by Crippen LogP contribution is 2.48. The first-order valence-electron chi connectivity index (χ1n) is 8.07. The predicted octanol–water partition coefficient (Wildman–Crippen LogP) is 2.22. The summed E-state index contributed by atoms with van der Waals surface area (Å²) in [6, 6.07) is 6.50. The smallest absolute Gasteiger partial charge is 0.246 e. The third-order valence-electron chi connectivity index (χ3n) is 4.58. The van der Waals surface area contributed by atoms with Gasteiger partial charge in [-0.05, 0) is 30.0 Å². The molecular formula is C17H18FN3O3. The Labute approximate surface area is 138 Å². The summed E-state index contributed by atoms with van der Waals surface area (Å²) in [5.41, 5.74) is 0.894. The van der Waals surface area contributed by atoms with E-state index in [4.69, 9.17) is 9.15 Å². The second-order valence-electron chi connectivity index (χ2n) is 6.31. The molecule has 2 heterocycles. The zero-order chi connectivity index (χ0) is 16.7. The molecule has 24 heavy (non-hydrogen) atoms. The van der Waals surface area contributed by atoms with Crippen LogP contribution >= 0.6 is 0 Å². The topological polar surface area (TPSA) is 68.5 Å². The number of carbonyl (C=O) groups is 1. The Bertz CT molecular complexity index is 763. The Morgan fingerprint density at radius 1 is 1.38 bits per heavy atom. The number of morpholine rings is 1. The number of nitrogens with zero attached hydrogens (tertiary/aromatic N) is 3. The van der Waals surface area contributed by atoms with E-state index in [0.717, 1.165) is 12.0 Å². The Morgan fingerprint density at radius 3 is 3.00 bits per heavy atom. The van der Waals surface area contributed by atoms with E-state index in [-0.39, 0.29) is 29.7 Å². The summed E-state index contributed by atoms with van der Waals surface area (Å²) in [7, 11) is 0. The highest BCUT2D eigenvalue weighted by Gasteiger charge is 2.46. The van der Waals surface area contributed by atoms with E-state index in [1.807, 2.05) is 6.07 Å². The van der Waals surface area contributed by atoms with E-state index in [9.17, 15) is 9.18 Å². The van der Waals surface area contributed by atoms with Crippen molar-refractivity contribution in [2.24, 2.45) is 5.92 Å². The van der Waals surface area contributed by atoms with Gasteiger partial charge in [0, 0.05) is 19.4 Å². The Kier molecular flexibility index (Phi) is 3.80. The molecule has 3 unspecified atom stereocenters. The van der Waals surface area contributed by atoms with Gasteiger partial charge in [0.25, 0.3) is 0 Å². The summed E-state index contributed by atoms with van der Waals surface area (Å²) in [6.45, 7) is 3.12. The molecule has 1 aromatic heterocycles. The molecule has 1 amide bonds. The average molecular weight is 331 g/mol. The van der Waals surface area contributed by atoms with Crippen LogP contribution in [-0.2, 0) is 9.53 Å². The van der Waals surface area contributed by atoms with Gasteiger partial charge >= 0.3 is 0 Å². The van der Waals surface area contributed by atoms with Gasteiger partial charge in [-0.25, -0.2) is 4.39 Å². The minimum absolute atomic E-state index is 0.0741. The standard InChI is InChI=1S/C17H18FN3O3/c1-10-19-20-16(24-10)15-9-21(5-6-23-15)17(22)14-8-13(14)11-3-2-4-12(18)7-11/h2-4,7,13-15H,5-6,8-9H2,1H3. The van der Waals surface area contributed by atoms with Gasteiger partial charge in [0.1, 0.15) is 5.82 Å². The number of amides is 1. The fraction of sp³-hybridized carbons (Fsp3) is 0.471. The van der Waals surface area contributed by atoms with Gasteiger partial charge in [0.15, 0.2) is 6.10 Å². The van der Waals surface area contributed by atoms with Crippen molar-refractivity contribution < 1.29 is 18.3 Å². The average Bonchev–Trinajstić information content (AvgIpc) is 3.28. The summed E-state index contributed by atoms with van der Waals surface area (Å²) >= 11 is 0. The maximum absolute atomic E-state index is 13.3. The molecule has 1 saturated carbocycles. The summed E-state index contributed by atoms with van der Waals surface area (Å²) < 4.78 is 24.4. The van der Waals surface area contributed by atoms with Crippen molar-refractivity contribution in [2.45, 2.75) is 25.4 Å². The van der Waals surface area contributed by atoms with E-state index in [1.54, 1.807) is 17.9 Å². The van der Waals surface area contributed by atoms with Gasteiger partial charge in [-0.3, -0.25) is 4.79 Å². The number of aromatic nitrogens is 2. The highest BCUT2D eigenvalue weighted by molar-refractivity contribution is 5.83. The van der Waals surface area contributed by atoms with Crippen LogP contribution in [-0.4, -0.2) is 40.7 Å². The van der Waals surface area contributed by atoms with Gasteiger partial charge in [-0.1, -0.05) is 12.1 Å². The minimum atomic E-state index is -0.379. The van der Waals surface area contributed by atoms with Crippen LogP contribution in [0.15, 0.2) is 28.7 Å². The lowest BCUT2D eigenvalue weighted by Gasteiger charge is -2.31. The highest BCUT2D eigenvalue weighted by atomic mass is 19.1. The number of hydrogen-bond donors (Lipinski definition) is 0. The lowest BCUT2D eigenvalue weighted by atomic mass is 10.1. The summed E-state index contributed by atoms with van der Waals surface area (Å²) in [5, 5.41) is 7.78. The van der Waals surface area contributed by atoms with Gasteiger partial charge in [0.2, 0.25) is 17.7 Å². The van der Waals surface area contributed by atoms with Crippen molar-refractivity contribution in [3.63, 3.8) is 0 Å². The van der Waals surface area contributed by atoms with E-state index in [1.165, 1.54) is 12.1 Å². The van der Waals surface area contributed by atoms with Gasteiger partial charge in [-0.2, -0.15) is 0 Å². The predicted molar refractivity (Wildman–Crippen MR) is 81.6 cm³/mol. The van der Waals surface area contributed by atoms with Crippen molar-refractivity contribution >= 4 is 5.91 Å². The molecule has 4 rings (SSSR count). The molecule has 0 bridgehead atoms. The lowest BCUT2D eigenvalue weighted by Crippen LogP contribution is -2.43. The molecule has 0 spiro atoms. The monoisotopic (exact) mass is 331 g/mol. The normalized spacial score (nSPS) is 26.4. The zero-order valence-corrected chi connectivity index (χ0v) is 13.3. The van der Waals surface area contributed by atoms with Crippen LogP contribution in [0.1, 0.15) is 35.8 Å². The Morgan fingerprint density at radius 2 is 2.25 bits per heavy atom. The van der Waals surface area contributed by atoms with Crippen molar-refractivity contribution in [3.05, 3.63) is 47.4 Å². The molecule has 2 aromatic rings. The first-order valence-corrected chi connectivity index (χ1v) is 8.07. The van der Waals surface area contributed by atoms with E-state index in [2.05, 4.69) is 10.2 Å². The SMILES string of the molecule is Cc1nnc(C2CN(C(=O)C3CC3c3cccc(F)c3)CCO2)o1. The Balaban J connectivity index is 1.42. The quantitative estimate of drug-likeness (QED) is 0.863. The maximum atomic E-state index is 13.3. The molecular weight excluding hydrogens is 313 g/mol. The van der Waals surface area contributed by atoms with Crippen molar-refractivity contribution in [1.29, 1.82) is 0 Å². The number of carbonyl (C=O) groups excluding carboxylic acids is 1. The molecule has 7 heteroatoms. The summed E-state index contributed by atoms with van der Waals surface area (Å²) in [6.07, 6.45) is 0.388. The third-order valence-corrected chi connectivity index (χ3v) is 4.58. The van der Waals surface area contributed by atoms with Crippen LogP contribution in [0.4, 0.5) is 4.39 Å². The second-order valence-corrected chi connectivity index (χ2v) is 6.31. The largest absolute Gasteiger partial charge is 0.423 e. The molecule has 6 nitrogen and oxygen atoms in total. The first kappa shape index (κ1) is 15.3. The molecule has 3 atom stereocenters. The van der Waals surface area contributed by atoms with Crippen molar-refractivity contribution in [2.75, 3.05) is 19.7 Å². The first-order chi connectivity index (χ1) is 11.6. The Hall–Kier alpha value is -2.28. The lowest BCUT2D eigenvalue weighted by molar-refractivity contribution is -0.141. The molecule has 1 aromatic carbocycles. The van der Waals surface area contributed by atoms with E-state index in [0.29, 0.717) is 31.5 Å². The van der Waals surface area contributed by atoms with E-state index < -0.39 is 0 Å². The van der Waals surface area contributed by atoms with Gasteiger partial charge in [-0.15, -0.1) is 10.2 Å². The fourth-order valence-corrected chi connectivity index (χ4v) is 3.25. The minimum Gasteiger partial charge on any atom is -0.423 e. The van der Waals surface area contributed by atoms with Gasteiger partial charge in [0.05, 0.1) is 13.2 Å². The maximum Gasteiger partial charge on any atom is 0.246 e. The number of ether oxygens (including phenoxy) is 1. The fourth-order valence-electron chi connectivity index (χ4n) is 3.25. The molecule has 2 fully saturated rings. The molecule has 1 aliphatic heterocycles. The molecule has 1 saturated heterocycles. The van der Waals surface area contributed by atoms with Crippen molar-refractivity contribution in [1.82, 2.24) is 15.1 Å². The van der Waals surface area contributed by atoms with Gasteiger partial charge < -0.3 is 14.1 Å². The van der Waals surface area contributed by atoms with Crippen LogP contribution in [0.25, 0.3) is 0 Å². The molecule has 126 valence electrons. The number of halogens is 1. The number of rotatable bonds is 3. The summed E-state index contributed by atoms with van der Waals surface area (Å²) in [4.78, 5) is 14.5. The van der Waals surface area contributed by atoms with Crippen LogP contribution in [0.5, 0.6) is 0 Å². The van der Waals surface area contributed by atoms with Crippen LogP contribution in [0.3, 0.4) is 0 Å². The third kappa shape index (κ3) is 2.91. The number of benzene rings is 1. The van der Waals surface area contributed by atoms with Crippen LogP contribution in [0.2, 0.25) is 0 Å². The number of hydrogen-bond acceptors (Lipinski definition) is 5. The van der Waals surface area contributed by atoms with Crippen LogP contribution < -0.4 is 0 Å². The molecule has 0 N–H and O–H groups in total. The second kappa shape index (κ2) is 5.98. The van der Waals surface area contributed by atoms with Crippen LogP contribution in [0, 0.1) is 18.7 Å². The van der Waals surface area contributed by atoms with E-state index >= 15 is 0 Å². The summed E-state index contributed by atoms with van der Waals surface area (Å²) in [5.74, 6) is 0.751. The van der Waals surface area contributed by atoms with Crippen molar-refractivity contribution in [3.8, 4) is 0 Å². The zero-order valence-electron chi connectivity index (χ0n) is 13.3. The molecule has 1 aliphatic carbocycles.